The summed E-state index contributed by atoms with van der Waals surface area (Å²) in [7, 11) is 0. The summed E-state index contributed by atoms with van der Waals surface area (Å²) in [6.07, 6.45) is -1.10. The fraction of sp³-hybridized carbons (Fsp3) is 0.625. The Labute approximate surface area is 133 Å². The van der Waals surface area contributed by atoms with Crippen molar-refractivity contribution in [3.63, 3.8) is 0 Å². The molecule has 0 unspecified atom stereocenters. The van der Waals surface area contributed by atoms with Crippen molar-refractivity contribution in [2.75, 3.05) is 19.8 Å². The monoisotopic (exact) mass is 329 g/mol. The maximum atomic E-state index is 14.0. The van der Waals surface area contributed by atoms with Gasteiger partial charge in [-0.2, -0.15) is 8.78 Å². The molecule has 0 aliphatic heterocycles. The van der Waals surface area contributed by atoms with Crippen LogP contribution < -0.4 is 4.74 Å². The van der Waals surface area contributed by atoms with Crippen LogP contribution in [0.15, 0.2) is 18.2 Å². The lowest BCUT2D eigenvalue weighted by Gasteiger charge is -2.17. The molecule has 1 aromatic heterocycles. The summed E-state index contributed by atoms with van der Waals surface area (Å²) in [5.74, 6) is 0.261. The zero-order valence-electron chi connectivity index (χ0n) is 13.1. The van der Waals surface area contributed by atoms with Crippen LogP contribution in [0.5, 0.6) is 5.88 Å². The summed E-state index contributed by atoms with van der Waals surface area (Å²) in [5.41, 5.74) is -0.498. The molecule has 23 heavy (non-hydrogen) atoms. The Kier molecular flexibility index (Phi) is 6.27. The molecule has 1 heterocycles. The van der Waals surface area contributed by atoms with Crippen molar-refractivity contribution < 1.29 is 27.8 Å². The molecule has 1 aliphatic rings. The van der Waals surface area contributed by atoms with Gasteiger partial charge in [-0.05, 0) is 38.2 Å². The van der Waals surface area contributed by atoms with Gasteiger partial charge in [0, 0.05) is 12.5 Å². The number of nitrogens with zero attached hydrogens (tertiary/aromatic N) is 1. The number of halogens is 2. The summed E-state index contributed by atoms with van der Waals surface area (Å²) in [6.45, 7) is 2.20. The van der Waals surface area contributed by atoms with Crippen LogP contribution in [0.3, 0.4) is 0 Å². The first-order chi connectivity index (χ1) is 11.0. The number of pyridine rings is 1. The van der Waals surface area contributed by atoms with Gasteiger partial charge in [-0.3, -0.25) is 4.79 Å². The molecule has 128 valence electrons. The van der Waals surface area contributed by atoms with Crippen LogP contribution in [0.25, 0.3) is 0 Å². The Balaban J connectivity index is 1.80. The number of carbonyl (C=O) groups excluding carboxylic acids is 1. The predicted molar refractivity (Wildman–Crippen MR) is 78.2 cm³/mol. The van der Waals surface area contributed by atoms with E-state index in [2.05, 4.69) is 9.72 Å². The van der Waals surface area contributed by atoms with E-state index in [0.29, 0.717) is 12.5 Å². The lowest BCUT2D eigenvalue weighted by molar-refractivity contribution is -0.252. The van der Waals surface area contributed by atoms with Gasteiger partial charge in [0.25, 0.3) is 0 Å². The fourth-order valence-corrected chi connectivity index (χ4v) is 1.87. The first kappa shape index (κ1) is 17.6. The van der Waals surface area contributed by atoms with Crippen LogP contribution >= 0.6 is 0 Å². The van der Waals surface area contributed by atoms with Crippen LogP contribution in [0.1, 0.15) is 38.3 Å². The average Bonchev–Trinajstić information content (AvgIpc) is 3.35. The molecular weight excluding hydrogens is 308 g/mol. The van der Waals surface area contributed by atoms with E-state index < -0.39 is 17.8 Å². The minimum atomic E-state index is -3.52. The topological polar surface area (TPSA) is 57.7 Å². The number of aromatic nitrogens is 1. The second kappa shape index (κ2) is 8.19. The van der Waals surface area contributed by atoms with Gasteiger partial charge in [0.15, 0.2) is 0 Å². The Morgan fingerprint density at radius 2 is 2.17 bits per heavy atom. The number of esters is 1. The zero-order valence-corrected chi connectivity index (χ0v) is 13.1. The Morgan fingerprint density at radius 1 is 1.39 bits per heavy atom. The van der Waals surface area contributed by atoms with E-state index in [4.69, 9.17) is 9.47 Å². The highest BCUT2D eigenvalue weighted by Crippen LogP contribution is 2.31. The predicted octanol–water partition coefficient (Wildman–Crippen LogP) is 3.28. The van der Waals surface area contributed by atoms with Crippen molar-refractivity contribution >= 4 is 5.97 Å². The second-order valence-electron chi connectivity index (χ2n) is 5.39. The largest absolute Gasteiger partial charge is 0.477 e. The molecule has 0 atom stereocenters. The zero-order chi connectivity index (χ0) is 16.7. The van der Waals surface area contributed by atoms with Crippen molar-refractivity contribution in [2.24, 2.45) is 5.92 Å². The van der Waals surface area contributed by atoms with Gasteiger partial charge < -0.3 is 14.2 Å². The van der Waals surface area contributed by atoms with E-state index in [1.54, 1.807) is 13.0 Å². The molecule has 0 bridgehead atoms. The average molecular weight is 329 g/mol. The summed E-state index contributed by atoms with van der Waals surface area (Å²) in [4.78, 5) is 14.9. The third-order valence-electron chi connectivity index (χ3n) is 3.30. The molecule has 0 amide bonds. The molecule has 0 saturated heterocycles. The summed E-state index contributed by atoms with van der Waals surface area (Å²) < 4.78 is 42.6. The van der Waals surface area contributed by atoms with E-state index in [0.717, 1.165) is 12.8 Å². The molecule has 1 aliphatic carbocycles. The standard InChI is InChI=1S/C16H21F2NO4/c1-2-21-15(20)7-4-10-23-16(17,18)13-5-3-6-14(19-13)22-11-12-8-9-12/h3,5-6,12H,2,4,7-11H2,1H3. The third kappa shape index (κ3) is 6.09. The van der Waals surface area contributed by atoms with Crippen LogP contribution in [0.2, 0.25) is 0 Å². The molecule has 0 spiro atoms. The van der Waals surface area contributed by atoms with Crippen LogP contribution in [-0.2, 0) is 20.4 Å². The SMILES string of the molecule is CCOC(=O)CCCOC(F)(F)c1cccc(OCC2CC2)n1. The lowest BCUT2D eigenvalue weighted by atomic mass is 10.3. The van der Waals surface area contributed by atoms with E-state index in [-0.39, 0.29) is 31.9 Å². The van der Waals surface area contributed by atoms with Crippen LogP contribution in [0.4, 0.5) is 8.78 Å². The van der Waals surface area contributed by atoms with Crippen LogP contribution in [0, 0.1) is 5.92 Å². The summed E-state index contributed by atoms with van der Waals surface area (Å²) in [6, 6.07) is 4.19. The number of hydrogen-bond donors (Lipinski definition) is 0. The quantitative estimate of drug-likeness (QED) is 0.487. The van der Waals surface area contributed by atoms with E-state index in [9.17, 15) is 13.6 Å². The molecular formula is C16H21F2NO4. The first-order valence-electron chi connectivity index (χ1n) is 7.79. The maximum Gasteiger partial charge on any atom is 0.400 e. The minimum absolute atomic E-state index is 0.0435. The molecule has 1 fully saturated rings. The molecule has 7 heteroatoms. The highest BCUT2D eigenvalue weighted by molar-refractivity contribution is 5.69. The maximum absolute atomic E-state index is 14.0. The molecule has 0 aromatic carbocycles. The van der Waals surface area contributed by atoms with Crippen LogP contribution in [-0.4, -0.2) is 30.8 Å². The third-order valence-corrected chi connectivity index (χ3v) is 3.30. The highest BCUT2D eigenvalue weighted by Gasteiger charge is 2.35. The normalized spacial score (nSPS) is 14.6. The molecule has 1 saturated carbocycles. The van der Waals surface area contributed by atoms with Crippen molar-refractivity contribution in [1.29, 1.82) is 0 Å². The van der Waals surface area contributed by atoms with Crippen molar-refractivity contribution in [2.45, 2.75) is 38.7 Å². The van der Waals surface area contributed by atoms with Gasteiger partial charge in [-0.15, -0.1) is 0 Å². The summed E-state index contributed by atoms with van der Waals surface area (Å²) in [5, 5.41) is 0. The Bertz CT molecular complexity index is 521. The van der Waals surface area contributed by atoms with E-state index in [1.165, 1.54) is 12.1 Å². The second-order valence-corrected chi connectivity index (χ2v) is 5.39. The smallest absolute Gasteiger partial charge is 0.400 e. The molecule has 2 rings (SSSR count). The number of carbonyl (C=O) groups is 1. The minimum Gasteiger partial charge on any atom is -0.477 e. The molecule has 0 radical (unpaired) electrons. The van der Waals surface area contributed by atoms with Crippen molar-refractivity contribution in [1.82, 2.24) is 4.98 Å². The number of ether oxygens (including phenoxy) is 3. The van der Waals surface area contributed by atoms with E-state index >= 15 is 0 Å². The van der Waals surface area contributed by atoms with Crippen molar-refractivity contribution in [3.8, 4) is 5.88 Å². The Morgan fingerprint density at radius 3 is 2.87 bits per heavy atom. The van der Waals surface area contributed by atoms with Gasteiger partial charge in [0.1, 0.15) is 5.69 Å². The van der Waals surface area contributed by atoms with Gasteiger partial charge in [-0.25, -0.2) is 4.98 Å². The van der Waals surface area contributed by atoms with Gasteiger partial charge in [0.05, 0.1) is 19.8 Å². The van der Waals surface area contributed by atoms with E-state index in [1.807, 2.05) is 0 Å². The molecule has 5 nitrogen and oxygen atoms in total. The molecule has 0 N–H and O–H groups in total. The highest BCUT2D eigenvalue weighted by atomic mass is 19.3. The van der Waals surface area contributed by atoms with Crippen molar-refractivity contribution in [3.05, 3.63) is 23.9 Å². The Hall–Kier alpha value is -1.76. The van der Waals surface area contributed by atoms with Gasteiger partial charge in [0.2, 0.25) is 5.88 Å². The lowest BCUT2D eigenvalue weighted by Crippen LogP contribution is -2.21. The number of rotatable bonds is 10. The number of alkyl halides is 2. The fourth-order valence-electron chi connectivity index (χ4n) is 1.87. The van der Waals surface area contributed by atoms with Gasteiger partial charge in [-0.1, -0.05) is 6.07 Å². The number of hydrogen-bond acceptors (Lipinski definition) is 5. The summed E-state index contributed by atoms with van der Waals surface area (Å²) >= 11 is 0. The molecule has 1 aromatic rings. The van der Waals surface area contributed by atoms with Gasteiger partial charge >= 0.3 is 12.1 Å². The first-order valence-corrected chi connectivity index (χ1v) is 7.79.